The van der Waals surface area contributed by atoms with Crippen LogP contribution in [0.15, 0.2) is 96.0 Å². The first-order chi connectivity index (χ1) is 15.1. The Morgan fingerprint density at radius 2 is 1.16 bits per heavy atom. The lowest BCUT2D eigenvalue weighted by molar-refractivity contribution is 0.987. The van der Waals surface area contributed by atoms with Crippen LogP contribution in [0.25, 0.3) is 0 Å². The van der Waals surface area contributed by atoms with Gasteiger partial charge in [0.1, 0.15) is 5.84 Å². The topological polar surface area (TPSA) is 24.4 Å². The number of nitrogens with one attached hydrogen (secondary N) is 1. The second-order valence-corrected chi connectivity index (χ2v) is 13.6. The van der Waals surface area contributed by atoms with Crippen LogP contribution in [-0.2, 0) is 0 Å². The van der Waals surface area contributed by atoms with Crippen LogP contribution in [0.4, 0.5) is 0 Å². The molecule has 3 rings (SSSR count). The number of amidine groups is 1. The van der Waals surface area contributed by atoms with Crippen LogP contribution in [0, 0.1) is 0 Å². The first-order valence-electron chi connectivity index (χ1n) is 11.1. The van der Waals surface area contributed by atoms with Gasteiger partial charge in [-0.2, -0.15) is 0 Å². The molecule has 2 nitrogen and oxygen atoms in total. The van der Waals surface area contributed by atoms with Gasteiger partial charge in [0.15, 0.2) is 0 Å². The standard InChI is InChI=1S/C27H34N2P2/c1-22(2)31(23(3)4)29-27(24-14-8-5-9-15-24)28-20-21-30(25-16-10-6-11-17-25)26-18-12-7-13-19-26/h5-19,22-23H,20-21H2,1-4H3,(H,28,29). The fraction of sp³-hybridized carbons (Fsp3) is 0.296. The summed E-state index contributed by atoms with van der Waals surface area (Å²) in [6.45, 7) is 10.1. The van der Waals surface area contributed by atoms with Crippen LogP contribution >= 0.6 is 16.0 Å². The zero-order valence-corrected chi connectivity index (χ0v) is 20.9. The molecule has 0 atom stereocenters. The van der Waals surface area contributed by atoms with E-state index in [2.05, 4.69) is 124 Å². The van der Waals surface area contributed by atoms with E-state index in [1.807, 2.05) is 0 Å². The monoisotopic (exact) mass is 448 g/mol. The molecular formula is C27H34N2P2. The normalized spacial score (nSPS) is 12.2. The predicted octanol–water partition coefficient (Wildman–Crippen LogP) is 6.37. The van der Waals surface area contributed by atoms with Gasteiger partial charge in [0.25, 0.3) is 0 Å². The van der Waals surface area contributed by atoms with Gasteiger partial charge in [-0.3, -0.25) is 4.99 Å². The van der Waals surface area contributed by atoms with Gasteiger partial charge >= 0.3 is 0 Å². The predicted molar refractivity (Wildman–Crippen MR) is 142 cm³/mol. The molecule has 3 aromatic rings. The molecular weight excluding hydrogens is 414 g/mol. The van der Waals surface area contributed by atoms with Crippen LogP contribution in [0.1, 0.15) is 33.3 Å². The molecule has 0 fully saturated rings. The summed E-state index contributed by atoms with van der Waals surface area (Å²) < 4.78 is 0. The molecule has 0 radical (unpaired) electrons. The molecule has 31 heavy (non-hydrogen) atoms. The molecule has 162 valence electrons. The quantitative estimate of drug-likeness (QED) is 0.230. The van der Waals surface area contributed by atoms with Gasteiger partial charge in [-0.15, -0.1) is 0 Å². The Hall–Kier alpha value is -2.01. The first-order valence-corrected chi connectivity index (χ1v) is 14.1. The van der Waals surface area contributed by atoms with Crippen molar-refractivity contribution in [1.29, 1.82) is 0 Å². The minimum atomic E-state index is -0.425. The van der Waals surface area contributed by atoms with Crippen LogP contribution in [-0.4, -0.2) is 29.9 Å². The summed E-state index contributed by atoms with van der Waals surface area (Å²) >= 11 is 0. The lowest BCUT2D eigenvalue weighted by Crippen LogP contribution is -2.27. The van der Waals surface area contributed by atoms with Gasteiger partial charge in [0.05, 0.1) is 0 Å². The molecule has 0 aromatic heterocycles. The van der Waals surface area contributed by atoms with E-state index in [4.69, 9.17) is 4.99 Å². The van der Waals surface area contributed by atoms with Gasteiger partial charge in [0.2, 0.25) is 0 Å². The third-order valence-electron chi connectivity index (χ3n) is 5.12. The molecule has 4 heteroatoms. The molecule has 0 aliphatic carbocycles. The molecule has 0 heterocycles. The fourth-order valence-electron chi connectivity index (χ4n) is 3.65. The van der Waals surface area contributed by atoms with Crippen molar-refractivity contribution < 1.29 is 0 Å². The summed E-state index contributed by atoms with van der Waals surface area (Å²) in [5, 5.41) is 6.68. The van der Waals surface area contributed by atoms with Crippen LogP contribution in [0.3, 0.4) is 0 Å². The van der Waals surface area contributed by atoms with E-state index in [9.17, 15) is 0 Å². The van der Waals surface area contributed by atoms with Crippen LogP contribution < -0.4 is 15.7 Å². The van der Waals surface area contributed by atoms with Gasteiger partial charge < -0.3 is 5.09 Å². The Morgan fingerprint density at radius 3 is 1.61 bits per heavy atom. The molecule has 0 spiro atoms. The summed E-state index contributed by atoms with van der Waals surface area (Å²) in [7, 11) is -0.762. The zero-order chi connectivity index (χ0) is 22.1. The van der Waals surface area contributed by atoms with E-state index in [-0.39, 0.29) is 8.07 Å². The molecule has 0 bridgehead atoms. The number of rotatable bonds is 9. The second-order valence-electron chi connectivity index (χ2n) is 8.13. The third-order valence-corrected chi connectivity index (χ3v) is 10.3. The van der Waals surface area contributed by atoms with E-state index in [1.54, 1.807) is 0 Å². The minimum Gasteiger partial charge on any atom is -0.348 e. The number of hydrogen-bond donors (Lipinski definition) is 1. The highest BCUT2D eigenvalue weighted by Crippen LogP contribution is 2.42. The Morgan fingerprint density at radius 1 is 0.710 bits per heavy atom. The smallest absolute Gasteiger partial charge is 0.131 e. The van der Waals surface area contributed by atoms with Crippen molar-refractivity contribution >= 4 is 32.4 Å². The number of nitrogens with zero attached hydrogens (tertiary/aromatic N) is 1. The van der Waals surface area contributed by atoms with Crippen molar-refractivity contribution in [3.8, 4) is 0 Å². The Bertz CT molecular complexity index is 878. The van der Waals surface area contributed by atoms with Crippen molar-refractivity contribution in [2.45, 2.75) is 39.0 Å². The summed E-state index contributed by atoms with van der Waals surface area (Å²) in [4.78, 5) is 5.13. The SMILES string of the molecule is CC(C)P(NC(=NCCP(c1ccccc1)c1ccccc1)c1ccccc1)C(C)C. The first kappa shape index (κ1) is 23.6. The highest BCUT2D eigenvalue weighted by atomic mass is 31.1. The Kier molecular flexibility index (Phi) is 9.26. The maximum Gasteiger partial charge on any atom is 0.131 e. The Labute approximate surface area is 190 Å². The van der Waals surface area contributed by atoms with E-state index in [0.717, 1.165) is 18.5 Å². The molecule has 0 aliphatic heterocycles. The fourth-order valence-corrected chi connectivity index (χ4v) is 7.98. The Balaban J connectivity index is 1.84. The van der Waals surface area contributed by atoms with Crippen molar-refractivity contribution in [3.05, 3.63) is 96.6 Å². The summed E-state index contributed by atoms with van der Waals surface area (Å²) in [6, 6.07) is 32.4. The third kappa shape index (κ3) is 6.99. The van der Waals surface area contributed by atoms with E-state index in [1.165, 1.54) is 16.2 Å². The van der Waals surface area contributed by atoms with Crippen molar-refractivity contribution in [2.24, 2.45) is 4.99 Å². The van der Waals surface area contributed by atoms with Crippen LogP contribution in [0.5, 0.6) is 0 Å². The highest BCUT2D eigenvalue weighted by Gasteiger charge is 2.19. The van der Waals surface area contributed by atoms with Gasteiger partial charge in [-0.25, -0.2) is 0 Å². The number of benzene rings is 3. The van der Waals surface area contributed by atoms with Crippen molar-refractivity contribution in [2.75, 3.05) is 12.7 Å². The summed E-state index contributed by atoms with van der Waals surface area (Å²) in [5.41, 5.74) is 2.39. The van der Waals surface area contributed by atoms with Gasteiger partial charge in [-0.05, 0) is 44.1 Å². The van der Waals surface area contributed by atoms with Gasteiger partial charge in [-0.1, -0.05) is 119 Å². The van der Waals surface area contributed by atoms with Crippen molar-refractivity contribution in [1.82, 2.24) is 5.09 Å². The summed E-state index contributed by atoms with van der Waals surface area (Å²) in [5.74, 6) is 1.05. The maximum absolute atomic E-state index is 5.13. The van der Waals surface area contributed by atoms with Crippen molar-refractivity contribution in [3.63, 3.8) is 0 Å². The largest absolute Gasteiger partial charge is 0.348 e. The van der Waals surface area contributed by atoms with E-state index in [0.29, 0.717) is 11.3 Å². The van der Waals surface area contributed by atoms with Crippen LogP contribution in [0.2, 0.25) is 0 Å². The number of aliphatic imine (C=N–C) groups is 1. The molecule has 0 aliphatic rings. The van der Waals surface area contributed by atoms with E-state index >= 15 is 0 Å². The molecule has 0 saturated carbocycles. The molecule has 3 aromatic carbocycles. The highest BCUT2D eigenvalue weighted by molar-refractivity contribution is 7.73. The lowest BCUT2D eigenvalue weighted by Gasteiger charge is -2.28. The zero-order valence-electron chi connectivity index (χ0n) is 19.1. The average Bonchev–Trinajstić information content (AvgIpc) is 2.80. The van der Waals surface area contributed by atoms with Gasteiger partial charge in [0, 0.05) is 12.1 Å². The molecule has 0 amide bonds. The van der Waals surface area contributed by atoms with E-state index < -0.39 is 7.92 Å². The second kappa shape index (κ2) is 12.1. The number of hydrogen-bond acceptors (Lipinski definition) is 1. The molecule has 0 saturated heterocycles. The maximum atomic E-state index is 5.13. The molecule has 1 N–H and O–H groups in total. The lowest BCUT2D eigenvalue weighted by atomic mass is 10.2. The minimum absolute atomic E-state index is 0.337. The molecule has 0 unspecified atom stereocenters. The summed E-state index contributed by atoms with van der Waals surface area (Å²) in [6.07, 6.45) is 1.04. The average molecular weight is 449 g/mol.